The van der Waals surface area contributed by atoms with Crippen molar-refractivity contribution in [3.8, 4) is 0 Å². The fraction of sp³-hybridized carbons (Fsp3) is 0.462. The highest BCUT2D eigenvalue weighted by molar-refractivity contribution is 5.78. The van der Waals surface area contributed by atoms with Crippen molar-refractivity contribution in [3.63, 3.8) is 0 Å². The van der Waals surface area contributed by atoms with E-state index in [2.05, 4.69) is 4.98 Å². The number of aliphatic hydroxyl groups is 3. The molecular weight excluding hydrogens is 248 g/mol. The van der Waals surface area contributed by atoms with Gasteiger partial charge in [0.05, 0.1) is 24.0 Å². The van der Waals surface area contributed by atoms with Crippen molar-refractivity contribution >= 4 is 11.0 Å². The summed E-state index contributed by atoms with van der Waals surface area (Å²) in [5, 5.41) is 28.9. The molecule has 2 heterocycles. The SMILES string of the molecule is Cc1cccc2c1ncn2[C@@H]1O[C@H](CO)C(O)C1O. The van der Waals surface area contributed by atoms with Gasteiger partial charge in [0.2, 0.25) is 0 Å². The Balaban J connectivity index is 2.04. The van der Waals surface area contributed by atoms with E-state index in [0.29, 0.717) is 0 Å². The highest BCUT2D eigenvalue weighted by Gasteiger charge is 2.43. The third-order valence-electron chi connectivity index (χ3n) is 3.60. The molecule has 3 N–H and O–H groups in total. The van der Waals surface area contributed by atoms with Gasteiger partial charge in [-0.1, -0.05) is 12.1 Å². The van der Waals surface area contributed by atoms with Crippen LogP contribution in [0.5, 0.6) is 0 Å². The fourth-order valence-corrected chi connectivity index (χ4v) is 2.51. The van der Waals surface area contributed by atoms with E-state index in [-0.39, 0.29) is 6.61 Å². The Morgan fingerprint density at radius 2 is 2.11 bits per heavy atom. The summed E-state index contributed by atoms with van der Waals surface area (Å²) in [5.74, 6) is 0. The van der Waals surface area contributed by atoms with Crippen molar-refractivity contribution in [1.29, 1.82) is 0 Å². The third-order valence-corrected chi connectivity index (χ3v) is 3.60. The van der Waals surface area contributed by atoms with Gasteiger partial charge >= 0.3 is 0 Å². The van der Waals surface area contributed by atoms with E-state index in [9.17, 15) is 10.2 Å². The molecule has 19 heavy (non-hydrogen) atoms. The van der Waals surface area contributed by atoms with Crippen LogP contribution in [0.3, 0.4) is 0 Å². The quantitative estimate of drug-likeness (QED) is 0.708. The van der Waals surface area contributed by atoms with E-state index >= 15 is 0 Å². The van der Waals surface area contributed by atoms with Gasteiger partial charge in [0.15, 0.2) is 6.23 Å². The van der Waals surface area contributed by atoms with E-state index in [1.807, 2.05) is 25.1 Å². The van der Waals surface area contributed by atoms with Gasteiger partial charge in [-0.15, -0.1) is 0 Å². The van der Waals surface area contributed by atoms with Gasteiger partial charge in [-0.3, -0.25) is 0 Å². The molecule has 1 aliphatic heterocycles. The summed E-state index contributed by atoms with van der Waals surface area (Å²) in [7, 11) is 0. The van der Waals surface area contributed by atoms with Crippen LogP contribution in [0, 0.1) is 6.92 Å². The first-order chi connectivity index (χ1) is 9.13. The molecule has 3 rings (SSSR count). The van der Waals surface area contributed by atoms with Crippen LogP contribution in [0.2, 0.25) is 0 Å². The summed E-state index contributed by atoms with van der Waals surface area (Å²) in [6.45, 7) is 1.62. The molecule has 0 bridgehead atoms. The Labute approximate surface area is 109 Å². The lowest BCUT2D eigenvalue weighted by Crippen LogP contribution is -2.33. The molecule has 0 saturated carbocycles. The number of aryl methyl sites for hydroxylation is 1. The van der Waals surface area contributed by atoms with Gasteiger partial charge in [-0.25, -0.2) is 4.98 Å². The molecule has 102 valence electrons. The summed E-state index contributed by atoms with van der Waals surface area (Å²) >= 11 is 0. The molecule has 1 aromatic heterocycles. The molecule has 1 saturated heterocycles. The maximum Gasteiger partial charge on any atom is 0.164 e. The van der Waals surface area contributed by atoms with Gasteiger partial charge in [0, 0.05) is 0 Å². The summed E-state index contributed by atoms with van der Waals surface area (Å²) in [6, 6.07) is 5.73. The minimum atomic E-state index is -1.10. The first-order valence-corrected chi connectivity index (χ1v) is 6.18. The minimum Gasteiger partial charge on any atom is -0.394 e. The summed E-state index contributed by atoms with van der Waals surface area (Å²) in [6.07, 6.45) is -2.12. The highest BCUT2D eigenvalue weighted by Crippen LogP contribution is 2.32. The van der Waals surface area contributed by atoms with E-state index in [1.54, 1.807) is 10.9 Å². The molecule has 0 amide bonds. The Morgan fingerprint density at radius 3 is 2.79 bits per heavy atom. The second-order valence-electron chi connectivity index (χ2n) is 4.82. The molecule has 0 radical (unpaired) electrons. The number of imidazole rings is 1. The molecule has 6 nitrogen and oxygen atoms in total. The van der Waals surface area contributed by atoms with Crippen LogP contribution < -0.4 is 0 Å². The lowest BCUT2D eigenvalue weighted by atomic mass is 10.1. The number of nitrogens with zero attached hydrogens (tertiary/aromatic N) is 2. The van der Waals surface area contributed by atoms with Crippen LogP contribution in [-0.2, 0) is 4.74 Å². The molecule has 1 fully saturated rings. The Kier molecular flexibility index (Phi) is 3.02. The van der Waals surface area contributed by atoms with Crippen LogP contribution in [0.1, 0.15) is 11.8 Å². The average Bonchev–Trinajstić information content (AvgIpc) is 2.94. The van der Waals surface area contributed by atoms with Gasteiger partial charge in [-0.05, 0) is 18.6 Å². The van der Waals surface area contributed by atoms with E-state index in [4.69, 9.17) is 9.84 Å². The predicted octanol–water partition coefficient (Wildman–Crippen LogP) is -0.0438. The van der Waals surface area contributed by atoms with Crippen LogP contribution >= 0.6 is 0 Å². The number of para-hydroxylation sites is 1. The van der Waals surface area contributed by atoms with E-state index in [0.717, 1.165) is 16.6 Å². The maximum atomic E-state index is 10.0. The van der Waals surface area contributed by atoms with Gasteiger partial charge in [0.25, 0.3) is 0 Å². The molecule has 2 unspecified atom stereocenters. The zero-order valence-corrected chi connectivity index (χ0v) is 10.5. The predicted molar refractivity (Wildman–Crippen MR) is 67.5 cm³/mol. The van der Waals surface area contributed by atoms with E-state index < -0.39 is 24.5 Å². The number of benzene rings is 1. The molecule has 1 aliphatic rings. The van der Waals surface area contributed by atoms with Crippen LogP contribution in [0.25, 0.3) is 11.0 Å². The highest BCUT2D eigenvalue weighted by atomic mass is 16.6. The number of rotatable bonds is 2. The minimum absolute atomic E-state index is 0.333. The van der Waals surface area contributed by atoms with Gasteiger partial charge in [-0.2, -0.15) is 0 Å². The second-order valence-corrected chi connectivity index (χ2v) is 4.82. The lowest BCUT2D eigenvalue weighted by molar-refractivity contribution is -0.0508. The molecule has 4 atom stereocenters. The molecule has 1 aromatic carbocycles. The van der Waals surface area contributed by atoms with Crippen molar-refractivity contribution in [2.75, 3.05) is 6.61 Å². The van der Waals surface area contributed by atoms with Crippen molar-refractivity contribution in [3.05, 3.63) is 30.1 Å². The average molecular weight is 264 g/mol. The number of hydrogen-bond donors (Lipinski definition) is 3. The number of aliphatic hydroxyl groups excluding tert-OH is 3. The van der Waals surface area contributed by atoms with Crippen molar-refractivity contribution < 1.29 is 20.1 Å². The monoisotopic (exact) mass is 264 g/mol. The Bertz CT molecular complexity index is 597. The standard InChI is InChI=1S/C13H16N2O4/c1-7-3-2-4-8-10(7)14-6-15(8)13-12(18)11(17)9(5-16)19-13/h2-4,6,9,11-13,16-18H,5H2,1H3/t9-,11?,12?,13-/m1/s1. The van der Waals surface area contributed by atoms with Gasteiger partial charge in [0.1, 0.15) is 18.3 Å². The first-order valence-electron chi connectivity index (χ1n) is 6.18. The van der Waals surface area contributed by atoms with Crippen molar-refractivity contribution in [1.82, 2.24) is 9.55 Å². The lowest BCUT2D eigenvalue weighted by Gasteiger charge is -2.17. The number of fused-ring (bicyclic) bond motifs is 1. The zero-order valence-electron chi connectivity index (χ0n) is 10.5. The second kappa shape index (κ2) is 4.57. The summed E-state index contributed by atoms with van der Waals surface area (Å²) < 4.78 is 7.19. The summed E-state index contributed by atoms with van der Waals surface area (Å²) in [5.41, 5.74) is 2.69. The third kappa shape index (κ3) is 1.84. The maximum absolute atomic E-state index is 10.0. The van der Waals surface area contributed by atoms with Crippen LogP contribution in [-0.4, -0.2) is 49.8 Å². The number of hydrogen-bond acceptors (Lipinski definition) is 5. The molecule has 2 aromatic rings. The number of aromatic nitrogens is 2. The first kappa shape index (κ1) is 12.6. The van der Waals surface area contributed by atoms with Crippen LogP contribution in [0.15, 0.2) is 24.5 Å². The molecular formula is C13H16N2O4. The van der Waals surface area contributed by atoms with Crippen molar-refractivity contribution in [2.45, 2.75) is 31.5 Å². The zero-order chi connectivity index (χ0) is 13.6. The molecule has 0 spiro atoms. The largest absolute Gasteiger partial charge is 0.394 e. The molecule has 6 heteroatoms. The molecule has 0 aliphatic carbocycles. The normalized spacial score (nSPS) is 31.2. The smallest absolute Gasteiger partial charge is 0.164 e. The Morgan fingerprint density at radius 1 is 1.32 bits per heavy atom. The van der Waals surface area contributed by atoms with E-state index in [1.165, 1.54) is 0 Å². The topological polar surface area (TPSA) is 87.7 Å². The van der Waals surface area contributed by atoms with Crippen LogP contribution in [0.4, 0.5) is 0 Å². The Hall–Kier alpha value is -1.47. The summed E-state index contributed by atoms with van der Waals surface area (Å²) in [4.78, 5) is 4.30. The fourth-order valence-electron chi connectivity index (χ4n) is 2.51. The number of ether oxygens (including phenoxy) is 1. The van der Waals surface area contributed by atoms with Crippen molar-refractivity contribution in [2.24, 2.45) is 0 Å². The van der Waals surface area contributed by atoms with Gasteiger partial charge < -0.3 is 24.6 Å².